The van der Waals surface area contributed by atoms with Gasteiger partial charge in [-0.25, -0.2) is 0 Å². The zero-order valence-electron chi connectivity index (χ0n) is 20.7. The maximum atomic E-state index is 13.5. The van der Waals surface area contributed by atoms with Gasteiger partial charge < -0.3 is 9.63 Å². The Kier molecular flexibility index (Phi) is 7.18. The minimum atomic E-state index is -4.46. The molecule has 0 radical (unpaired) electrons. The average molecular weight is 510 g/mol. The van der Waals surface area contributed by atoms with Crippen molar-refractivity contribution in [3.63, 3.8) is 0 Å². The molecule has 4 aromatic rings. The van der Waals surface area contributed by atoms with Gasteiger partial charge in [-0.05, 0) is 68.3 Å². The largest absolute Gasteiger partial charge is 0.480 e. The highest BCUT2D eigenvalue weighted by molar-refractivity contribution is 5.74. The quantitative estimate of drug-likeness (QED) is 0.293. The van der Waals surface area contributed by atoms with Crippen molar-refractivity contribution in [3.05, 3.63) is 83.4 Å². The predicted molar refractivity (Wildman–Crippen MR) is 134 cm³/mol. The van der Waals surface area contributed by atoms with Crippen LogP contribution in [0.4, 0.5) is 13.2 Å². The fourth-order valence-electron chi connectivity index (χ4n) is 4.18. The topological polar surface area (TPSA) is 79.5 Å². The molecule has 0 unspecified atom stereocenters. The molecule has 0 saturated heterocycles. The first kappa shape index (κ1) is 26.1. The molecular weight excluding hydrogens is 483 g/mol. The van der Waals surface area contributed by atoms with Gasteiger partial charge in [0.25, 0.3) is 5.89 Å². The smallest absolute Gasteiger partial charge is 0.417 e. The van der Waals surface area contributed by atoms with Crippen molar-refractivity contribution in [2.45, 2.75) is 39.0 Å². The Morgan fingerprint density at radius 3 is 2.24 bits per heavy atom. The number of benzene rings is 3. The molecule has 0 amide bonds. The number of rotatable bonds is 7. The first-order chi connectivity index (χ1) is 17.5. The summed E-state index contributed by atoms with van der Waals surface area (Å²) in [6.07, 6.45) is -4.46. The van der Waals surface area contributed by atoms with Gasteiger partial charge in [0.2, 0.25) is 5.82 Å². The van der Waals surface area contributed by atoms with E-state index in [0.29, 0.717) is 28.1 Å². The second-order valence-corrected chi connectivity index (χ2v) is 8.97. The van der Waals surface area contributed by atoms with Crippen LogP contribution in [0.25, 0.3) is 34.0 Å². The Morgan fingerprint density at radius 1 is 0.973 bits per heavy atom. The van der Waals surface area contributed by atoms with E-state index in [1.165, 1.54) is 12.1 Å². The van der Waals surface area contributed by atoms with Gasteiger partial charge in [0.1, 0.15) is 6.04 Å². The van der Waals surface area contributed by atoms with Crippen molar-refractivity contribution in [1.82, 2.24) is 15.0 Å². The van der Waals surface area contributed by atoms with Crippen molar-refractivity contribution >= 4 is 5.97 Å². The molecule has 0 saturated carbocycles. The molecule has 192 valence electrons. The molecule has 1 aromatic heterocycles. The minimum Gasteiger partial charge on any atom is -0.480 e. The van der Waals surface area contributed by atoms with E-state index in [-0.39, 0.29) is 17.5 Å². The number of aliphatic carboxylic acids is 1. The van der Waals surface area contributed by atoms with Crippen LogP contribution in [0.15, 0.2) is 71.3 Å². The number of aromatic nitrogens is 2. The number of aryl methyl sites for hydroxylation is 1. The Morgan fingerprint density at radius 2 is 1.62 bits per heavy atom. The summed E-state index contributed by atoms with van der Waals surface area (Å²) >= 11 is 0. The minimum absolute atomic E-state index is 0.114. The molecule has 1 N–H and O–H groups in total. The number of alkyl halides is 3. The Bertz CT molecular complexity index is 1410. The first-order valence-electron chi connectivity index (χ1n) is 11.6. The lowest BCUT2D eigenvalue weighted by atomic mass is 9.94. The van der Waals surface area contributed by atoms with Crippen LogP contribution in [-0.2, 0) is 11.0 Å². The summed E-state index contributed by atoms with van der Waals surface area (Å²) in [6.45, 7) is 5.31. The molecule has 0 fully saturated rings. The number of hydrogen-bond acceptors (Lipinski definition) is 5. The molecular formula is C28H26F3N3O3. The van der Waals surface area contributed by atoms with E-state index in [0.717, 1.165) is 11.6 Å². The van der Waals surface area contributed by atoms with Crippen molar-refractivity contribution < 1.29 is 27.6 Å². The molecule has 6 nitrogen and oxygen atoms in total. The SMILES string of the molecule is Cc1cc(-c2nc(-c3ccc([C@@H](C)N(C)[C@H](C)C(=O)O)cc3)no2)ccc1-c1ccccc1C(F)(F)F. The van der Waals surface area contributed by atoms with E-state index in [9.17, 15) is 23.1 Å². The number of halogens is 3. The van der Waals surface area contributed by atoms with Crippen molar-refractivity contribution in [1.29, 1.82) is 0 Å². The third kappa shape index (κ3) is 5.41. The van der Waals surface area contributed by atoms with E-state index in [2.05, 4.69) is 10.1 Å². The maximum absolute atomic E-state index is 13.5. The number of carbonyl (C=O) groups is 1. The van der Waals surface area contributed by atoms with Crippen molar-refractivity contribution in [2.75, 3.05) is 7.05 Å². The lowest BCUT2D eigenvalue weighted by Gasteiger charge is -2.28. The van der Waals surface area contributed by atoms with Crippen LogP contribution in [0.1, 0.15) is 36.6 Å². The molecule has 1 heterocycles. The van der Waals surface area contributed by atoms with Crippen molar-refractivity contribution in [2.24, 2.45) is 0 Å². The second kappa shape index (κ2) is 10.2. The summed E-state index contributed by atoms with van der Waals surface area (Å²) in [5.74, 6) is -0.273. The summed E-state index contributed by atoms with van der Waals surface area (Å²) in [5, 5.41) is 13.3. The van der Waals surface area contributed by atoms with Gasteiger partial charge in [-0.3, -0.25) is 9.69 Å². The van der Waals surface area contributed by atoms with E-state index in [4.69, 9.17) is 4.52 Å². The normalized spacial score (nSPS) is 13.5. The second-order valence-electron chi connectivity index (χ2n) is 8.97. The molecule has 0 spiro atoms. The van der Waals surface area contributed by atoms with Crippen LogP contribution in [0.2, 0.25) is 0 Å². The predicted octanol–water partition coefficient (Wildman–Crippen LogP) is 6.86. The number of carboxylic acid groups (broad SMARTS) is 1. The van der Waals surface area contributed by atoms with Crippen molar-refractivity contribution in [3.8, 4) is 34.0 Å². The van der Waals surface area contributed by atoms with Gasteiger partial charge in [0.15, 0.2) is 0 Å². The van der Waals surface area contributed by atoms with Gasteiger partial charge in [0, 0.05) is 17.2 Å². The summed E-state index contributed by atoms with van der Waals surface area (Å²) in [6, 6.07) is 17.2. The van der Waals surface area contributed by atoms with Gasteiger partial charge in [-0.15, -0.1) is 0 Å². The van der Waals surface area contributed by atoms with Crippen LogP contribution < -0.4 is 0 Å². The lowest BCUT2D eigenvalue weighted by molar-refractivity contribution is -0.143. The molecule has 0 aliphatic carbocycles. The molecule has 4 rings (SSSR count). The van der Waals surface area contributed by atoms with E-state index >= 15 is 0 Å². The molecule has 2 atom stereocenters. The highest BCUT2D eigenvalue weighted by atomic mass is 19.4. The van der Waals surface area contributed by atoms with E-state index in [1.807, 2.05) is 31.2 Å². The van der Waals surface area contributed by atoms with Crippen LogP contribution in [0.3, 0.4) is 0 Å². The zero-order chi connectivity index (χ0) is 26.9. The summed E-state index contributed by atoms with van der Waals surface area (Å²) in [4.78, 5) is 17.5. The van der Waals surface area contributed by atoms with Crippen LogP contribution in [0.5, 0.6) is 0 Å². The van der Waals surface area contributed by atoms with Gasteiger partial charge >= 0.3 is 12.1 Å². The standard InChI is InChI=1S/C28H26F3N3O3/c1-16-15-21(13-14-22(16)23-7-5-6-8-24(23)28(29,30)31)26-32-25(33-37-26)20-11-9-19(10-12-20)17(2)34(4)18(3)27(35)36/h5-15,17-18H,1-4H3,(H,35,36)/t17-,18-/m1/s1. The van der Waals surface area contributed by atoms with Crippen LogP contribution in [-0.4, -0.2) is 39.2 Å². The molecule has 0 aliphatic rings. The fraction of sp³-hybridized carbons (Fsp3) is 0.250. The van der Waals surface area contributed by atoms with E-state index < -0.39 is 23.8 Å². The molecule has 0 aliphatic heterocycles. The lowest BCUT2D eigenvalue weighted by Crippen LogP contribution is -2.37. The summed E-state index contributed by atoms with van der Waals surface area (Å²) in [5.41, 5.74) is 2.80. The van der Waals surface area contributed by atoms with Crippen LogP contribution >= 0.6 is 0 Å². The molecule has 37 heavy (non-hydrogen) atoms. The monoisotopic (exact) mass is 509 g/mol. The number of hydrogen-bond donors (Lipinski definition) is 1. The summed E-state index contributed by atoms with van der Waals surface area (Å²) < 4.78 is 45.9. The van der Waals surface area contributed by atoms with Crippen LogP contribution in [0, 0.1) is 6.92 Å². The molecule has 9 heteroatoms. The molecule has 0 bridgehead atoms. The Hall–Kier alpha value is -3.98. The van der Waals surface area contributed by atoms with E-state index in [1.54, 1.807) is 50.1 Å². The van der Waals surface area contributed by atoms with Gasteiger partial charge in [0.05, 0.1) is 5.56 Å². The first-order valence-corrected chi connectivity index (χ1v) is 11.6. The number of likely N-dealkylation sites (N-methyl/N-ethyl adjacent to an activating group) is 1. The van der Waals surface area contributed by atoms with Gasteiger partial charge in [-0.2, -0.15) is 18.2 Å². The average Bonchev–Trinajstić information content (AvgIpc) is 3.37. The zero-order valence-corrected chi connectivity index (χ0v) is 20.7. The fourth-order valence-corrected chi connectivity index (χ4v) is 4.18. The highest BCUT2D eigenvalue weighted by Crippen LogP contribution is 2.39. The maximum Gasteiger partial charge on any atom is 0.417 e. The third-order valence-electron chi connectivity index (χ3n) is 6.65. The van der Waals surface area contributed by atoms with Gasteiger partial charge in [-0.1, -0.05) is 53.7 Å². The number of carboxylic acids is 1. The third-order valence-corrected chi connectivity index (χ3v) is 6.65. The molecule has 3 aromatic carbocycles. The summed E-state index contributed by atoms with van der Waals surface area (Å²) in [7, 11) is 1.76. The highest BCUT2D eigenvalue weighted by Gasteiger charge is 2.33. The number of nitrogens with zero attached hydrogens (tertiary/aromatic N) is 3. The Balaban J connectivity index is 1.56. The Labute approximate surface area is 212 Å².